The zero-order chi connectivity index (χ0) is 11.0. The first-order valence-electron chi connectivity index (χ1n) is 5.09. The highest BCUT2D eigenvalue weighted by molar-refractivity contribution is 9.10. The number of rotatable bonds is 2. The van der Waals surface area contributed by atoms with Crippen molar-refractivity contribution >= 4 is 26.8 Å². The number of aromatic nitrogens is 1. The van der Waals surface area contributed by atoms with Crippen molar-refractivity contribution in [2.45, 2.75) is 12.8 Å². The fourth-order valence-electron chi connectivity index (χ4n) is 2.03. The number of hydrogen-bond donors (Lipinski definition) is 1. The zero-order valence-electron chi connectivity index (χ0n) is 9.00. The molecule has 0 aliphatic carbocycles. The molecule has 2 aromatic rings. The van der Waals surface area contributed by atoms with Gasteiger partial charge in [-0.05, 0) is 22.0 Å². The molecule has 1 aromatic heterocycles. The van der Waals surface area contributed by atoms with Gasteiger partial charge in [-0.3, -0.25) is 0 Å². The summed E-state index contributed by atoms with van der Waals surface area (Å²) < 4.78 is 3.40. The third-order valence-electron chi connectivity index (χ3n) is 2.91. The molecule has 1 atom stereocenters. The lowest BCUT2D eigenvalue weighted by Gasteiger charge is -2.11. The first kappa shape index (κ1) is 10.7. The topological polar surface area (TPSA) is 30.9 Å². The summed E-state index contributed by atoms with van der Waals surface area (Å²) in [6, 6.07) is 8.38. The molecule has 0 bridgehead atoms. The highest BCUT2D eigenvalue weighted by Crippen LogP contribution is 2.34. The fourth-order valence-corrected chi connectivity index (χ4v) is 3.02. The molecule has 15 heavy (non-hydrogen) atoms. The Labute approximate surface area is 98.2 Å². The first-order valence-corrected chi connectivity index (χ1v) is 5.89. The summed E-state index contributed by atoms with van der Waals surface area (Å²) in [5.74, 6) is 0.372. The van der Waals surface area contributed by atoms with E-state index in [0.717, 1.165) is 0 Å². The van der Waals surface area contributed by atoms with Gasteiger partial charge in [0.05, 0.1) is 0 Å². The molecule has 0 amide bonds. The minimum absolute atomic E-state index is 0.372. The third kappa shape index (κ3) is 1.60. The number of hydrogen-bond acceptors (Lipinski definition) is 1. The maximum absolute atomic E-state index is 5.73. The van der Waals surface area contributed by atoms with E-state index in [2.05, 4.69) is 58.7 Å². The molecule has 0 spiro atoms. The highest BCUT2D eigenvalue weighted by atomic mass is 79.9. The quantitative estimate of drug-likeness (QED) is 0.890. The van der Waals surface area contributed by atoms with E-state index in [1.807, 2.05) is 0 Å². The predicted octanol–water partition coefficient (Wildman–Crippen LogP) is 3.00. The number of nitrogens with two attached hydrogens (primary N) is 1. The molecular formula is C12H15BrN2. The minimum atomic E-state index is 0.372. The monoisotopic (exact) mass is 266 g/mol. The Morgan fingerprint density at radius 1 is 1.40 bits per heavy atom. The lowest BCUT2D eigenvalue weighted by atomic mass is 10.1. The number of fused-ring (bicyclic) bond motifs is 1. The Kier molecular flexibility index (Phi) is 2.85. The van der Waals surface area contributed by atoms with Crippen LogP contribution >= 0.6 is 15.9 Å². The maximum atomic E-state index is 5.73. The summed E-state index contributed by atoms with van der Waals surface area (Å²) in [4.78, 5) is 0. The number of halogens is 1. The summed E-state index contributed by atoms with van der Waals surface area (Å²) in [5, 5.41) is 1.26. The van der Waals surface area contributed by atoms with Gasteiger partial charge in [-0.15, -0.1) is 0 Å². The van der Waals surface area contributed by atoms with Gasteiger partial charge in [0.15, 0.2) is 0 Å². The van der Waals surface area contributed by atoms with E-state index in [0.29, 0.717) is 12.5 Å². The summed E-state index contributed by atoms with van der Waals surface area (Å²) in [5.41, 5.74) is 8.26. The molecule has 0 radical (unpaired) electrons. The van der Waals surface area contributed by atoms with E-state index < -0.39 is 0 Å². The van der Waals surface area contributed by atoms with Crippen LogP contribution in [0.15, 0.2) is 28.7 Å². The highest BCUT2D eigenvalue weighted by Gasteiger charge is 2.16. The van der Waals surface area contributed by atoms with Crippen molar-refractivity contribution in [3.05, 3.63) is 34.4 Å². The molecule has 0 aliphatic rings. The van der Waals surface area contributed by atoms with Crippen molar-refractivity contribution in [2.24, 2.45) is 12.8 Å². The molecule has 80 valence electrons. The van der Waals surface area contributed by atoms with E-state index in [-0.39, 0.29) is 0 Å². The van der Waals surface area contributed by atoms with Crippen LogP contribution in [0, 0.1) is 0 Å². The summed E-state index contributed by atoms with van der Waals surface area (Å²) in [6.07, 6.45) is 0. The van der Waals surface area contributed by atoms with E-state index in [4.69, 9.17) is 5.73 Å². The standard InChI is InChI=1S/C12H15BrN2/c1-8(7-14)12-11(13)9-5-3-4-6-10(9)15(12)2/h3-6,8H,7,14H2,1-2H3. The van der Waals surface area contributed by atoms with Gasteiger partial charge in [0, 0.05) is 40.6 Å². The number of benzene rings is 1. The van der Waals surface area contributed by atoms with Crippen LogP contribution in [0.3, 0.4) is 0 Å². The summed E-state index contributed by atoms with van der Waals surface area (Å²) in [6.45, 7) is 2.82. The van der Waals surface area contributed by atoms with E-state index in [1.54, 1.807) is 0 Å². The normalized spacial score (nSPS) is 13.3. The zero-order valence-corrected chi connectivity index (χ0v) is 10.6. The van der Waals surface area contributed by atoms with Gasteiger partial charge in [0.25, 0.3) is 0 Å². The van der Waals surface area contributed by atoms with Crippen LogP contribution in [-0.2, 0) is 7.05 Å². The van der Waals surface area contributed by atoms with Gasteiger partial charge < -0.3 is 10.3 Å². The van der Waals surface area contributed by atoms with Crippen molar-refractivity contribution in [3.63, 3.8) is 0 Å². The molecule has 0 aliphatic heterocycles. The second-order valence-corrected chi connectivity index (χ2v) is 4.71. The van der Waals surface area contributed by atoms with Gasteiger partial charge in [0.1, 0.15) is 0 Å². The second-order valence-electron chi connectivity index (χ2n) is 3.91. The van der Waals surface area contributed by atoms with Crippen LogP contribution in [0.25, 0.3) is 10.9 Å². The molecule has 1 unspecified atom stereocenters. The van der Waals surface area contributed by atoms with Gasteiger partial charge in [-0.1, -0.05) is 25.1 Å². The molecule has 0 saturated heterocycles. The molecular weight excluding hydrogens is 252 g/mol. The van der Waals surface area contributed by atoms with E-state index in [9.17, 15) is 0 Å². The molecule has 1 heterocycles. The predicted molar refractivity (Wildman–Crippen MR) is 68.1 cm³/mol. The van der Waals surface area contributed by atoms with Crippen LogP contribution in [0.1, 0.15) is 18.5 Å². The maximum Gasteiger partial charge on any atom is 0.0491 e. The Bertz CT molecular complexity index is 449. The van der Waals surface area contributed by atoms with Gasteiger partial charge in [0.2, 0.25) is 0 Å². The number of nitrogens with zero attached hydrogens (tertiary/aromatic N) is 1. The SMILES string of the molecule is CC(CN)c1c(Br)c2ccccc2n1C. The average Bonchev–Trinajstić information content (AvgIpc) is 2.52. The van der Waals surface area contributed by atoms with Crippen molar-refractivity contribution in [1.29, 1.82) is 0 Å². The van der Waals surface area contributed by atoms with Gasteiger partial charge in [-0.2, -0.15) is 0 Å². The molecule has 3 heteroatoms. The third-order valence-corrected chi connectivity index (χ3v) is 3.74. The Balaban J connectivity index is 2.75. The molecule has 0 saturated carbocycles. The average molecular weight is 267 g/mol. The van der Waals surface area contributed by atoms with Gasteiger partial charge in [-0.25, -0.2) is 0 Å². The molecule has 0 fully saturated rings. The van der Waals surface area contributed by atoms with E-state index in [1.165, 1.54) is 21.1 Å². The van der Waals surface area contributed by atoms with Crippen LogP contribution in [0.4, 0.5) is 0 Å². The summed E-state index contributed by atoms with van der Waals surface area (Å²) >= 11 is 3.67. The molecule has 2 rings (SSSR count). The number of aryl methyl sites for hydroxylation is 1. The van der Waals surface area contributed by atoms with Crippen molar-refractivity contribution < 1.29 is 0 Å². The smallest absolute Gasteiger partial charge is 0.0491 e. The largest absolute Gasteiger partial charge is 0.346 e. The molecule has 2 nitrogen and oxygen atoms in total. The summed E-state index contributed by atoms with van der Waals surface area (Å²) in [7, 11) is 2.09. The Morgan fingerprint density at radius 2 is 2.07 bits per heavy atom. The van der Waals surface area contributed by atoms with Crippen LogP contribution in [0.5, 0.6) is 0 Å². The second kappa shape index (κ2) is 3.99. The minimum Gasteiger partial charge on any atom is -0.346 e. The van der Waals surface area contributed by atoms with Crippen molar-refractivity contribution in [1.82, 2.24) is 4.57 Å². The van der Waals surface area contributed by atoms with Crippen LogP contribution in [-0.4, -0.2) is 11.1 Å². The molecule has 2 N–H and O–H groups in total. The lowest BCUT2D eigenvalue weighted by molar-refractivity contribution is 0.699. The Hall–Kier alpha value is -0.800. The first-order chi connectivity index (χ1) is 7.16. The molecule has 1 aromatic carbocycles. The van der Waals surface area contributed by atoms with Crippen LogP contribution in [0.2, 0.25) is 0 Å². The van der Waals surface area contributed by atoms with E-state index >= 15 is 0 Å². The Morgan fingerprint density at radius 3 is 2.67 bits per heavy atom. The number of para-hydroxylation sites is 1. The van der Waals surface area contributed by atoms with Crippen LogP contribution < -0.4 is 5.73 Å². The lowest BCUT2D eigenvalue weighted by Crippen LogP contribution is -2.12. The van der Waals surface area contributed by atoms with Crippen molar-refractivity contribution in [2.75, 3.05) is 6.54 Å². The van der Waals surface area contributed by atoms with Gasteiger partial charge >= 0.3 is 0 Å². The van der Waals surface area contributed by atoms with Crippen molar-refractivity contribution in [3.8, 4) is 0 Å². The fraction of sp³-hybridized carbons (Fsp3) is 0.333.